The van der Waals surface area contributed by atoms with Crippen LogP contribution in [0.5, 0.6) is 0 Å². The highest BCUT2D eigenvalue weighted by Crippen LogP contribution is 1.91. The third kappa shape index (κ3) is 3.02. The van der Waals surface area contributed by atoms with Crippen LogP contribution < -0.4 is 9.01 Å². The first-order chi connectivity index (χ1) is 6.03. The Morgan fingerprint density at radius 3 is 2.69 bits per heavy atom. The lowest BCUT2D eigenvalue weighted by Crippen LogP contribution is -2.48. The molecule has 0 N–H and O–H groups in total. The molecule has 0 aliphatic rings. The van der Waals surface area contributed by atoms with E-state index < -0.39 is 10.1 Å². The molecule has 0 aliphatic carbocycles. The van der Waals surface area contributed by atoms with Crippen LogP contribution >= 0.6 is 0 Å². The third-order valence-electron chi connectivity index (χ3n) is 1.48. The van der Waals surface area contributed by atoms with Crippen molar-refractivity contribution in [3.8, 4) is 0 Å². The number of aromatic nitrogens is 1. The SMILES string of the molecule is CCc1cccc[n+]1OS(C)(=O)=O. The fraction of sp³-hybridized carbons (Fsp3) is 0.375. The van der Waals surface area contributed by atoms with Gasteiger partial charge in [0.05, 0.1) is 6.26 Å². The molecule has 1 heterocycles. The molecular weight excluding hydrogens is 190 g/mol. The molecule has 0 saturated carbocycles. The quantitative estimate of drug-likeness (QED) is 0.644. The highest BCUT2D eigenvalue weighted by molar-refractivity contribution is 7.86. The summed E-state index contributed by atoms with van der Waals surface area (Å²) in [7, 11) is -3.45. The minimum Gasteiger partial charge on any atom is -0.181 e. The second-order valence-electron chi connectivity index (χ2n) is 2.65. The van der Waals surface area contributed by atoms with Gasteiger partial charge in [-0.3, -0.25) is 0 Å². The largest absolute Gasteiger partial charge is 0.364 e. The van der Waals surface area contributed by atoms with E-state index in [1.807, 2.05) is 19.1 Å². The van der Waals surface area contributed by atoms with Crippen LogP contribution in [0.2, 0.25) is 0 Å². The Morgan fingerprint density at radius 1 is 1.46 bits per heavy atom. The average molecular weight is 202 g/mol. The van der Waals surface area contributed by atoms with Crippen LogP contribution in [-0.2, 0) is 16.5 Å². The van der Waals surface area contributed by atoms with Crippen molar-refractivity contribution in [3.05, 3.63) is 30.1 Å². The van der Waals surface area contributed by atoms with Gasteiger partial charge in [0, 0.05) is 23.3 Å². The molecule has 13 heavy (non-hydrogen) atoms. The van der Waals surface area contributed by atoms with Crippen molar-refractivity contribution in [2.75, 3.05) is 6.26 Å². The van der Waals surface area contributed by atoms with E-state index in [0.29, 0.717) is 0 Å². The van der Waals surface area contributed by atoms with E-state index in [2.05, 4.69) is 0 Å². The normalized spacial score (nSPS) is 11.2. The molecule has 0 radical (unpaired) electrons. The molecule has 0 bridgehead atoms. The van der Waals surface area contributed by atoms with Crippen LogP contribution in [0.15, 0.2) is 24.4 Å². The first-order valence-corrected chi connectivity index (χ1v) is 5.74. The first-order valence-electron chi connectivity index (χ1n) is 3.92. The Kier molecular flexibility index (Phi) is 2.87. The summed E-state index contributed by atoms with van der Waals surface area (Å²) in [4.78, 5) is 0. The highest BCUT2D eigenvalue weighted by atomic mass is 32.2. The average Bonchev–Trinajstić information content (AvgIpc) is 2.02. The number of pyridine rings is 1. The lowest BCUT2D eigenvalue weighted by atomic mass is 10.3. The van der Waals surface area contributed by atoms with E-state index in [9.17, 15) is 8.42 Å². The molecule has 4 nitrogen and oxygen atoms in total. The Morgan fingerprint density at radius 2 is 2.15 bits per heavy atom. The predicted octanol–water partition coefficient (Wildman–Crippen LogP) is -0.0753. The third-order valence-corrected chi connectivity index (χ3v) is 1.91. The fourth-order valence-corrected chi connectivity index (χ4v) is 1.39. The maximum atomic E-state index is 10.8. The van der Waals surface area contributed by atoms with E-state index in [0.717, 1.165) is 18.4 Å². The lowest BCUT2D eigenvalue weighted by molar-refractivity contribution is -0.861. The highest BCUT2D eigenvalue weighted by Gasteiger charge is 2.15. The zero-order valence-corrected chi connectivity index (χ0v) is 8.41. The van der Waals surface area contributed by atoms with Gasteiger partial charge in [0.25, 0.3) is 0 Å². The second-order valence-corrected chi connectivity index (χ2v) is 4.21. The van der Waals surface area contributed by atoms with Crippen molar-refractivity contribution < 1.29 is 17.4 Å². The Bertz CT molecular complexity index is 386. The summed E-state index contributed by atoms with van der Waals surface area (Å²) < 4.78 is 27.6. The van der Waals surface area contributed by atoms with Gasteiger partial charge >= 0.3 is 10.1 Å². The number of hydrogen-bond acceptors (Lipinski definition) is 3. The number of hydrogen-bond donors (Lipinski definition) is 0. The van der Waals surface area contributed by atoms with Gasteiger partial charge < -0.3 is 0 Å². The maximum absolute atomic E-state index is 10.8. The van der Waals surface area contributed by atoms with Gasteiger partial charge in [-0.2, -0.15) is 8.42 Å². The molecule has 1 rings (SSSR count). The molecule has 0 unspecified atom stereocenters. The smallest absolute Gasteiger partial charge is 0.181 e. The first kappa shape index (κ1) is 9.98. The van der Waals surface area contributed by atoms with Crippen LogP contribution in [0.25, 0.3) is 0 Å². The summed E-state index contributed by atoms with van der Waals surface area (Å²) in [6.07, 6.45) is 3.31. The van der Waals surface area contributed by atoms with Gasteiger partial charge in [0.1, 0.15) is 0 Å². The van der Waals surface area contributed by atoms with Crippen LogP contribution in [-0.4, -0.2) is 14.7 Å². The van der Waals surface area contributed by atoms with Crippen molar-refractivity contribution in [3.63, 3.8) is 0 Å². The van der Waals surface area contributed by atoms with Crippen molar-refractivity contribution in [2.45, 2.75) is 13.3 Å². The maximum Gasteiger partial charge on any atom is 0.364 e. The molecule has 1 aromatic rings. The summed E-state index contributed by atoms with van der Waals surface area (Å²) in [5, 5.41) is 0. The summed E-state index contributed by atoms with van der Waals surface area (Å²) in [5.41, 5.74) is 0.813. The summed E-state index contributed by atoms with van der Waals surface area (Å²) in [6, 6.07) is 5.36. The van der Waals surface area contributed by atoms with E-state index in [1.54, 1.807) is 12.3 Å². The summed E-state index contributed by atoms with van der Waals surface area (Å²) >= 11 is 0. The van der Waals surface area contributed by atoms with E-state index in [4.69, 9.17) is 4.28 Å². The molecule has 72 valence electrons. The lowest BCUT2D eigenvalue weighted by Gasteiger charge is -1.97. The molecule has 0 aliphatic heterocycles. The summed E-state index contributed by atoms with van der Waals surface area (Å²) in [5.74, 6) is 0. The van der Waals surface area contributed by atoms with Gasteiger partial charge in [0.15, 0.2) is 0 Å². The van der Waals surface area contributed by atoms with Crippen LogP contribution in [0.4, 0.5) is 0 Å². The fourth-order valence-electron chi connectivity index (χ4n) is 0.956. The molecule has 0 fully saturated rings. The van der Waals surface area contributed by atoms with E-state index in [-0.39, 0.29) is 0 Å². The zero-order valence-electron chi connectivity index (χ0n) is 7.60. The summed E-state index contributed by atoms with van der Waals surface area (Å²) in [6.45, 7) is 1.93. The molecule has 5 heteroatoms. The van der Waals surface area contributed by atoms with Gasteiger partial charge in [-0.25, -0.2) is 0 Å². The molecular formula is C8H12NO3S+. The standard InChI is InChI=1S/C8H12NO3S/c1-3-8-6-4-5-7-9(8)12-13(2,10)11/h4-7H,3H2,1-2H3/q+1. The van der Waals surface area contributed by atoms with E-state index in [1.165, 1.54) is 4.73 Å². The van der Waals surface area contributed by atoms with Crippen molar-refractivity contribution >= 4 is 10.1 Å². The predicted molar refractivity (Wildman–Crippen MR) is 47.4 cm³/mol. The van der Waals surface area contributed by atoms with Crippen molar-refractivity contribution in [2.24, 2.45) is 0 Å². The second kappa shape index (κ2) is 3.74. The molecule has 1 aromatic heterocycles. The molecule has 0 aromatic carbocycles. The topological polar surface area (TPSA) is 47.2 Å². The number of nitrogens with zero attached hydrogens (tertiary/aromatic N) is 1. The van der Waals surface area contributed by atoms with Crippen molar-refractivity contribution in [1.82, 2.24) is 0 Å². The number of aryl methyl sites for hydroxylation is 1. The molecule has 0 saturated heterocycles. The Hall–Kier alpha value is -1.10. The van der Waals surface area contributed by atoms with Crippen LogP contribution in [0, 0.1) is 0 Å². The number of rotatable bonds is 3. The molecule has 0 spiro atoms. The molecule has 0 amide bonds. The minimum atomic E-state index is -3.45. The van der Waals surface area contributed by atoms with Crippen LogP contribution in [0.3, 0.4) is 0 Å². The minimum absolute atomic E-state index is 0.719. The zero-order chi connectivity index (χ0) is 9.90. The Labute approximate surface area is 77.9 Å². The monoisotopic (exact) mass is 202 g/mol. The molecule has 0 atom stereocenters. The van der Waals surface area contributed by atoms with Gasteiger partial charge in [-0.1, -0.05) is 6.92 Å². The Balaban J connectivity index is 3.01. The van der Waals surface area contributed by atoms with Gasteiger partial charge in [0.2, 0.25) is 11.9 Å². The van der Waals surface area contributed by atoms with Crippen LogP contribution in [0.1, 0.15) is 12.6 Å². The van der Waals surface area contributed by atoms with Gasteiger partial charge in [-0.15, -0.1) is 4.28 Å². The van der Waals surface area contributed by atoms with Gasteiger partial charge in [-0.05, 0) is 6.07 Å². The van der Waals surface area contributed by atoms with E-state index >= 15 is 0 Å². The van der Waals surface area contributed by atoms with Crippen molar-refractivity contribution in [1.29, 1.82) is 0 Å².